The molecule has 8 nitrogen and oxygen atoms in total. The average Bonchev–Trinajstić information content (AvgIpc) is 3.49. The predicted octanol–water partition coefficient (Wildman–Crippen LogP) is 3.96. The zero-order valence-electron chi connectivity index (χ0n) is 17.8. The highest BCUT2D eigenvalue weighted by atomic mass is 32.1. The summed E-state index contributed by atoms with van der Waals surface area (Å²) in [7, 11) is 0. The molecule has 0 bridgehead atoms. The minimum absolute atomic E-state index is 0.0756. The number of nitrogens with one attached hydrogen (secondary N) is 2. The molecule has 1 aromatic carbocycles. The molecule has 0 radical (unpaired) electrons. The van der Waals surface area contributed by atoms with Gasteiger partial charge in [0.25, 0.3) is 11.8 Å². The second-order valence-corrected chi connectivity index (χ2v) is 8.50. The van der Waals surface area contributed by atoms with E-state index in [0.717, 1.165) is 10.4 Å². The first-order valence-corrected chi connectivity index (χ1v) is 11.9. The zero-order chi connectivity index (χ0) is 23.6. The van der Waals surface area contributed by atoms with Gasteiger partial charge in [-0.15, -0.1) is 11.3 Å². The Kier molecular flexibility index (Phi) is 8.73. The van der Waals surface area contributed by atoms with Crippen molar-refractivity contribution in [1.82, 2.24) is 5.32 Å². The number of ether oxygens (including phenoxy) is 2. The number of anilines is 1. The Labute approximate surface area is 198 Å². The normalized spacial score (nSPS) is 10.3. The number of thiophene rings is 2. The summed E-state index contributed by atoms with van der Waals surface area (Å²) in [5.74, 6) is -2.04. The monoisotopic (exact) mass is 486 g/mol. The molecule has 10 heteroatoms. The lowest BCUT2D eigenvalue weighted by Gasteiger charge is -2.08. The Bertz CT molecular complexity index is 1110. The van der Waals surface area contributed by atoms with E-state index in [9.17, 15) is 19.2 Å². The lowest BCUT2D eigenvalue weighted by Crippen LogP contribution is -2.27. The topological polar surface area (TPSA) is 111 Å². The third kappa shape index (κ3) is 6.99. The lowest BCUT2D eigenvalue weighted by molar-refractivity contribution is -0.147. The van der Waals surface area contributed by atoms with E-state index in [-0.39, 0.29) is 30.4 Å². The van der Waals surface area contributed by atoms with Crippen LogP contribution in [0.3, 0.4) is 0 Å². The molecule has 0 spiro atoms. The van der Waals surface area contributed by atoms with Crippen LogP contribution < -0.4 is 10.6 Å². The molecule has 2 N–H and O–H groups in total. The zero-order valence-corrected chi connectivity index (χ0v) is 19.4. The second-order valence-electron chi connectivity index (χ2n) is 6.67. The van der Waals surface area contributed by atoms with Gasteiger partial charge in [0.05, 0.1) is 18.7 Å². The summed E-state index contributed by atoms with van der Waals surface area (Å²) in [5.41, 5.74) is 1.71. The molecule has 0 saturated carbocycles. The fourth-order valence-electron chi connectivity index (χ4n) is 2.76. The summed E-state index contributed by atoms with van der Waals surface area (Å²) in [6.07, 6.45) is -0.0756. The molecule has 2 amide bonds. The summed E-state index contributed by atoms with van der Waals surface area (Å²) in [6.45, 7) is 1.47. The van der Waals surface area contributed by atoms with Crippen molar-refractivity contribution in [1.29, 1.82) is 0 Å². The third-order valence-electron chi connectivity index (χ3n) is 4.29. The van der Waals surface area contributed by atoms with Gasteiger partial charge in [0.1, 0.15) is 4.88 Å². The summed E-state index contributed by atoms with van der Waals surface area (Å²) >= 11 is 2.60. The number of carbonyl (C=O) groups is 4. The van der Waals surface area contributed by atoms with Crippen LogP contribution in [-0.4, -0.2) is 43.5 Å². The third-order valence-corrected chi connectivity index (χ3v) is 6.13. The molecule has 0 saturated heterocycles. The lowest BCUT2D eigenvalue weighted by atomic mass is 10.2. The molecule has 2 heterocycles. The van der Waals surface area contributed by atoms with E-state index in [4.69, 9.17) is 9.47 Å². The Morgan fingerprint density at radius 2 is 1.82 bits per heavy atom. The molecular weight excluding hydrogens is 464 g/mol. The maximum Gasteiger partial charge on any atom is 0.350 e. The SMILES string of the molecule is CCOC(=O)c1sc(-c2ccccc2)cc1NC(=O)COC(=O)CCNC(=O)c1ccsc1. The maximum atomic E-state index is 12.3. The van der Waals surface area contributed by atoms with Crippen molar-refractivity contribution in [2.45, 2.75) is 13.3 Å². The van der Waals surface area contributed by atoms with Crippen LogP contribution in [0.5, 0.6) is 0 Å². The van der Waals surface area contributed by atoms with Gasteiger partial charge in [-0.2, -0.15) is 11.3 Å². The van der Waals surface area contributed by atoms with Crippen LogP contribution in [-0.2, 0) is 19.1 Å². The Balaban J connectivity index is 1.53. The largest absolute Gasteiger partial charge is 0.462 e. The van der Waals surface area contributed by atoms with Crippen molar-refractivity contribution in [2.75, 3.05) is 25.1 Å². The van der Waals surface area contributed by atoms with Gasteiger partial charge in [-0.25, -0.2) is 4.79 Å². The first-order chi connectivity index (χ1) is 16.0. The number of esters is 2. The summed E-state index contributed by atoms with van der Waals surface area (Å²) in [6, 6.07) is 12.8. The van der Waals surface area contributed by atoms with Crippen LogP contribution >= 0.6 is 22.7 Å². The van der Waals surface area contributed by atoms with Crippen molar-refractivity contribution in [3.63, 3.8) is 0 Å². The molecule has 172 valence electrons. The summed E-state index contributed by atoms with van der Waals surface area (Å²) in [5, 5.41) is 8.71. The van der Waals surface area contributed by atoms with Gasteiger partial charge in [0.2, 0.25) is 0 Å². The molecule has 33 heavy (non-hydrogen) atoms. The average molecular weight is 487 g/mol. The van der Waals surface area contributed by atoms with E-state index in [0.29, 0.717) is 11.3 Å². The Hall–Kier alpha value is -3.50. The van der Waals surface area contributed by atoms with Gasteiger partial charge in [0.15, 0.2) is 6.61 Å². The summed E-state index contributed by atoms with van der Waals surface area (Å²) < 4.78 is 10.1. The van der Waals surface area contributed by atoms with Crippen molar-refractivity contribution < 1.29 is 28.7 Å². The van der Waals surface area contributed by atoms with Crippen LogP contribution in [0.4, 0.5) is 5.69 Å². The summed E-state index contributed by atoms with van der Waals surface area (Å²) in [4.78, 5) is 49.4. The second kappa shape index (κ2) is 11.9. The van der Waals surface area contributed by atoms with Crippen LogP contribution in [0, 0.1) is 0 Å². The van der Waals surface area contributed by atoms with Gasteiger partial charge in [-0.05, 0) is 30.0 Å². The highest BCUT2D eigenvalue weighted by Gasteiger charge is 2.20. The van der Waals surface area contributed by atoms with Gasteiger partial charge < -0.3 is 20.1 Å². The molecule has 0 unspecified atom stereocenters. The molecule has 2 aromatic heterocycles. The quantitative estimate of drug-likeness (QED) is 0.420. The Morgan fingerprint density at radius 1 is 1.03 bits per heavy atom. The minimum Gasteiger partial charge on any atom is -0.462 e. The number of hydrogen-bond acceptors (Lipinski definition) is 8. The fourth-order valence-corrected chi connectivity index (χ4v) is 4.40. The molecule has 3 rings (SSSR count). The van der Waals surface area contributed by atoms with Crippen molar-refractivity contribution in [3.05, 3.63) is 63.7 Å². The van der Waals surface area contributed by atoms with Crippen molar-refractivity contribution >= 4 is 52.1 Å². The van der Waals surface area contributed by atoms with Crippen molar-refractivity contribution in [2.24, 2.45) is 0 Å². The van der Waals surface area contributed by atoms with E-state index in [1.807, 2.05) is 30.3 Å². The van der Waals surface area contributed by atoms with E-state index >= 15 is 0 Å². The van der Waals surface area contributed by atoms with Crippen LogP contribution in [0.15, 0.2) is 53.2 Å². The molecule has 0 atom stereocenters. The van der Waals surface area contributed by atoms with Crippen LogP contribution in [0.2, 0.25) is 0 Å². The molecular formula is C23H22N2O6S2. The van der Waals surface area contributed by atoms with Gasteiger partial charge in [0, 0.05) is 22.4 Å². The van der Waals surface area contributed by atoms with Gasteiger partial charge >= 0.3 is 11.9 Å². The first kappa shape index (κ1) is 24.1. The molecule has 0 fully saturated rings. The number of amides is 2. The van der Waals surface area contributed by atoms with Crippen LogP contribution in [0.1, 0.15) is 33.4 Å². The molecule has 0 aliphatic heterocycles. The van der Waals surface area contributed by atoms with Gasteiger partial charge in [-0.1, -0.05) is 30.3 Å². The maximum absolute atomic E-state index is 12.3. The Morgan fingerprint density at radius 3 is 2.52 bits per heavy atom. The van der Waals surface area contributed by atoms with E-state index < -0.39 is 24.5 Å². The van der Waals surface area contributed by atoms with Crippen LogP contribution in [0.25, 0.3) is 10.4 Å². The standard InChI is InChI=1S/C23H22N2O6S2/c1-2-30-23(29)21-17(12-18(33-21)15-6-4-3-5-7-15)25-19(26)13-31-20(27)8-10-24-22(28)16-9-11-32-14-16/h3-7,9,11-12,14H,2,8,10,13H2,1H3,(H,24,28)(H,25,26). The number of rotatable bonds is 10. The van der Waals surface area contributed by atoms with Gasteiger partial charge in [-0.3, -0.25) is 14.4 Å². The number of carbonyl (C=O) groups excluding carboxylic acids is 4. The highest BCUT2D eigenvalue weighted by Crippen LogP contribution is 2.35. The molecule has 3 aromatic rings. The number of benzene rings is 1. The minimum atomic E-state index is -0.628. The van der Waals surface area contributed by atoms with E-state index in [1.165, 1.54) is 22.7 Å². The number of hydrogen-bond donors (Lipinski definition) is 2. The van der Waals surface area contributed by atoms with Crippen molar-refractivity contribution in [3.8, 4) is 10.4 Å². The van der Waals surface area contributed by atoms with E-state index in [1.54, 1.807) is 29.8 Å². The smallest absolute Gasteiger partial charge is 0.350 e. The highest BCUT2D eigenvalue weighted by molar-refractivity contribution is 7.18. The van der Waals surface area contributed by atoms with E-state index in [2.05, 4.69) is 10.6 Å². The molecule has 0 aliphatic carbocycles. The fraction of sp³-hybridized carbons (Fsp3) is 0.217. The molecule has 0 aliphatic rings. The first-order valence-electron chi connectivity index (χ1n) is 10.1. The predicted molar refractivity (Wildman–Crippen MR) is 127 cm³/mol.